The molecule has 0 heterocycles. The molecule has 0 saturated carbocycles. The van der Waals surface area contributed by atoms with Crippen LogP contribution in [0.5, 0.6) is 11.5 Å². The molecule has 0 aliphatic carbocycles. The van der Waals surface area contributed by atoms with Gasteiger partial charge in [-0.1, -0.05) is 25.1 Å². The molecule has 0 unspecified atom stereocenters. The predicted molar refractivity (Wildman–Crippen MR) is 105 cm³/mol. The number of rotatable bonds is 9. The van der Waals surface area contributed by atoms with E-state index in [4.69, 9.17) is 14.2 Å². The van der Waals surface area contributed by atoms with E-state index >= 15 is 0 Å². The summed E-state index contributed by atoms with van der Waals surface area (Å²) in [4.78, 5) is 35.2. The highest BCUT2D eigenvalue weighted by atomic mass is 16.5. The van der Waals surface area contributed by atoms with Crippen LogP contribution in [0.25, 0.3) is 0 Å². The van der Waals surface area contributed by atoms with Crippen LogP contribution in [0.1, 0.15) is 29.3 Å². The maximum absolute atomic E-state index is 11.8. The third kappa shape index (κ3) is 7.53. The lowest BCUT2D eigenvalue weighted by molar-refractivity contribution is -0.131. The molecule has 154 valence electrons. The Morgan fingerprint density at radius 1 is 0.862 bits per heavy atom. The Kier molecular flexibility index (Phi) is 8.50. The third-order valence-electron chi connectivity index (χ3n) is 3.69. The van der Waals surface area contributed by atoms with Crippen molar-refractivity contribution in [3.05, 3.63) is 59.7 Å². The van der Waals surface area contributed by atoms with E-state index in [9.17, 15) is 14.4 Å². The van der Waals surface area contributed by atoms with Crippen molar-refractivity contribution in [1.29, 1.82) is 0 Å². The van der Waals surface area contributed by atoms with E-state index in [-0.39, 0.29) is 13.2 Å². The lowest BCUT2D eigenvalue weighted by Crippen LogP contribution is -2.45. The number of hydrogen-bond donors (Lipinski definition) is 2. The Balaban J connectivity index is 1.68. The number of benzene rings is 2. The highest BCUT2D eigenvalue weighted by Gasteiger charge is 2.09. The summed E-state index contributed by atoms with van der Waals surface area (Å²) in [6.45, 7) is 3.60. The molecule has 0 aromatic heterocycles. The van der Waals surface area contributed by atoms with Crippen molar-refractivity contribution in [2.45, 2.75) is 20.3 Å². The number of carbonyl (C=O) groups is 3. The molecule has 8 nitrogen and oxygen atoms in total. The smallest absolute Gasteiger partial charge is 0.338 e. The maximum atomic E-state index is 11.8. The molecule has 0 saturated heterocycles. The van der Waals surface area contributed by atoms with E-state index in [1.54, 1.807) is 36.4 Å². The van der Waals surface area contributed by atoms with Gasteiger partial charge in [-0.15, -0.1) is 0 Å². The summed E-state index contributed by atoms with van der Waals surface area (Å²) >= 11 is 0. The number of esters is 1. The third-order valence-corrected chi connectivity index (χ3v) is 3.69. The van der Waals surface area contributed by atoms with Crippen molar-refractivity contribution < 1.29 is 28.6 Å². The fourth-order valence-electron chi connectivity index (χ4n) is 2.19. The standard InChI is InChI=1S/C21H24N2O6/c1-3-12-27-21(26)16-8-10-17(11-9-16)28-13-19(24)22-23-20(25)14-29-18-7-5-4-6-15(18)2/h4-11H,3,12-14H2,1-2H3,(H,22,24)(H,23,25). The van der Waals surface area contributed by atoms with E-state index in [0.717, 1.165) is 12.0 Å². The van der Waals surface area contributed by atoms with Gasteiger partial charge in [-0.3, -0.25) is 20.4 Å². The molecule has 0 radical (unpaired) electrons. The summed E-state index contributed by atoms with van der Waals surface area (Å²) in [5, 5.41) is 0. The summed E-state index contributed by atoms with van der Waals surface area (Å²) in [5.74, 6) is -0.454. The molecule has 0 aliphatic heterocycles. The first kappa shape index (κ1) is 21.7. The molecule has 2 N–H and O–H groups in total. The van der Waals surface area contributed by atoms with Crippen LogP contribution >= 0.6 is 0 Å². The van der Waals surface area contributed by atoms with Crippen LogP contribution in [0.4, 0.5) is 0 Å². The van der Waals surface area contributed by atoms with E-state index in [1.807, 2.05) is 26.0 Å². The largest absolute Gasteiger partial charge is 0.484 e. The minimum absolute atomic E-state index is 0.235. The summed E-state index contributed by atoms with van der Waals surface area (Å²) in [6.07, 6.45) is 0.747. The first-order valence-electron chi connectivity index (χ1n) is 9.15. The maximum Gasteiger partial charge on any atom is 0.338 e. The zero-order valence-corrected chi connectivity index (χ0v) is 16.4. The second-order valence-electron chi connectivity index (χ2n) is 6.10. The van der Waals surface area contributed by atoms with Gasteiger partial charge >= 0.3 is 5.97 Å². The van der Waals surface area contributed by atoms with Crippen molar-refractivity contribution in [2.75, 3.05) is 19.8 Å². The number of hydrazine groups is 1. The molecule has 0 aliphatic rings. The summed E-state index contributed by atoms with van der Waals surface area (Å²) in [6, 6.07) is 13.5. The highest BCUT2D eigenvalue weighted by Crippen LogP contribution is 2.15. The van der Waals surface area contributed by atoms with Crippen LogP contribution in [0.3, 0.4) is 0 Å². The summed E-state index contributed by atoms with van der Waals surface area (Å²) in [5.41, 5.74) is 5.79. The van der Waals surface area contributed by atoms with E-state index in [2.05, 4.69) is 10.9 Å². The molecular weight excluding hydrogens is 376 g/mol. The fraction of sp³-hybridized carbons (Fsp3) is 0.286. The minimum atomic E-state index is -0.541. The molecule has 0 bridgehead atoms. The number of para-hydroxylation sites is 1. The Morgan fingerprint density at radius 2 is 1.48 bits per heavy atom. The first-order valence-corrected chi connectivity index (χ1v) is 9.15. The first-order chi connectivity index (χ1) is 14.0. The summed E-state index contributed by atoms with van der Waals surface area (Å²) in [7, 11) is 0. The fourth-order valence-corrected chi connectivity index (χ4v) is 2.19. The van der Waals surface area contributed by atoms with Crippen molar-refractivity contribution in [2.24, 2.45) is 0 Å². The Morgan fingerprint density at radius 3 is 2.10 bits per heavy atom. The average molecular weight is 400 g/mol. The van der Waals surface area contributed by atoms with E-state index in [0.29, 0.717) is 23.7 Å². The number of carbonyl (C=O) groups excluding carboxylic acids is 3. The van der Waals surface area contributed by atoms with Crippen LogP contribution in [0, 0.1) is 6.92 Å². The minimum Gasteiger partial charge on any atom is -0.484 e. The molecule has 8 heteroatoms. The summed E-state index contributed by atoms with van der Waals surface area (Å²) < 4.78 is 15.7. The van der Waals surface area contributed by atoms with E-state index in [1.165, 1.54) is 0 Å². The molecule has 2 amide bonds. The number of nitrogens with one attached hydrogen (secondary N) is 2. The van der Waals surface area contributed by atoms with Crippen LogP contribution in [0.15, 0.2) is 48.5 Å². The predicted octanol–water partition coefficient (Wildman–Crippen LogP) is 2.17. The topological polar surface area (TPSA) is 103 Å². The molecule has 2 aromatic carbocycles. The van der Waals surface area contributed by atoms with Gasteiger partial charge in [-0.2, -0.15) is 0 Å². The van der Waals surface area contributed by atoms with Gasteiger partial charge in [0, 0.05) is 0 Å². The van der Waals surface area contributed by atoms with Crippen molar-refractivity contribution in [3.63, 3.8) is 0 Å². The zero-order valence-electron chi connectivity index (χ0n) is 16.4. The molecule has 0 spiro atoms. The number of amides is 2. The van der Waals surface area contributed by atoms with Gasteiger partial charge in [0.2, 0.25) is 0 Å². The normalized spacial score (nSPS) is 10.0. The second-order valence-corrected chi connectivity index (χ2v) is 6.10. The quantitative estimate of drug-likeness (QED) is 0.494. The molecule has 2 rings (SSSR count). The molecular formula is C21H24N2O6. The van der Waals surface area contributed by atoms with Crippen LogP contribution in [-0.4, -0.2) is 37.6 Å². The van der Waals surface area contributed by atoms with Crippen molar-refractivity contribution in [1.82, 2.24) is 10.9 Å². The monoisotopic (exact) mass is 400 g/mol. The Labute approximate surface area is 169 Å². The van der Waals surface area contributed by atoms with Crippen LogP contribution in [-0.2, 0) is 14.3 Å². The van der Waals surface area contributed by atoms with Gasteiger partial charge in [-0.05, 0) is 49.2 Å². The number of ether oxygens (including phenoxy) is 3. The Bertz CT molecular complexity index is 835. The van der Waals surface area contributed by atoms with Crippen LogP contribution in [0.2, 0.25) is 0 Å². The zero-order chi connectivity index (χ0) is 21.1. The highest BCUT2D eigenvalue weighted by molar-refractivity contribution is 5.89. The molecule has 0 fully saturated rings. The molecule has 29 heavy (non-hydrogen) atoms. The molecule has 2 aromatic rings. The van der Waals surface area contributed by atoms with Gasteiger partial charge in [0.05, 0.1) is 12.2 Å². The van der Waals surface area contributed by atoms with Crippen molar-refractivity contribution >= 4 is 17.8 Å². The number of hydrogen-bond acceptors (Lipinski definition) is 6. The lowest BCUT2D eigenvalue weighted by atomic mass is 10.2. The molecule has 0 atom stereocenters. The van der Waals surface area contributed by atoms with Gasteiger partial charge in [-0.25, -0.2) is 4.79 Å². The average Bonchev–Trinajstić information content (AvgIpc) is 2.74. The van der Waals surface area contributed by atoms with Gasteiger partial charge < -0.3 is 14.2 Å². The SMILES string of the molecule is CCCOC(=O)c1ccc(OCC(=O)NNC(=O)COc2ccccc2C)cc1. The van der Waals surface area contributed by atoms with Gasteiger partial charge in [0.25, 0.3) is 11.8 Å². The van der Waals surface area contributed by atoms with Gasteiger partial charge in [0.1, 0.15) is 11.5 Å². The lowest BCUT2D eigenvalue weighted by Gasteiger charge is -2.11. The Hall–Kier alpha value is -3.55. The number of aryl methyl sites for hydroxylation is 1. The van der Waals surface area contributed by atoms with Crippen LogP contribution < -0.4 is 20.3 Å². The second kappa shape index (κ2) is 11.3. The van der Waals surface area contributed by atoms with Crippen molar-refractivity contribution in [3.8, 4) is 11.5 Å². The van der Waals surface area contributed by atoms with Gasteiger partial charge in [0.15, 0.2) is 13.2 Å². The van der Waals surface area contributed by atoms with E-state index < -0.39 is 17.8 Å².